The van der Waals surface area contributed by atoms with Crippen LogP contribution < -0.4 is 5.32 Å². The molecule has 2 aromatic rings. The van der Waals surface area contributed by atoms with Crippen LogP contribution in [-0.4, -0.2) is 6.54 Å². The third-order valence-electron chi connectivity index (χ3n) is 4.10. The number of rotatable bonds is 5. The van der Waals surface area contributed by atoms with Gasteiger partial charge >= 0.3 is 0 Å². The van der Waals surface area contributed by atoms with E-state index in [0.29, 0.717) is 5.56 Å². The average molecular weight is 285 g/mol. The highest BCUT2D eigenvalue weighted by Crippen LogP contribution is 2.24. The van der Waals surface area contributed by atoms with Gasteiger partial charge in [-0.1, -0.05) is 37.3 Å². The van der Waals surface area contributed by atoms with Gasteiger partial charge in [-0.15, -0.1) is 0 Å². The number of hydrogen-bond donors (Lipinski definition) is 1. The molecule has 0 radical (unpaired) electrons. The number of nitrogens with one attached hydrogen (secondary N) is 1. The van der Waals surface area contributed by atoms with Gasteiger partial charge in [-0.05, 0) is 67.6 Å². The standard InChI is InChI=1S/C19H24FN/c1-5-21-19(16-10-9-15(4)18(20)11-16)12-17-13(2)7-6-8-14(17)3/h6-11,19,21H,5,12H2,1-4H3. The summed E-state index contributed by atoms with van der Waals surface area (Å²) in [7, 11) is 0. The lowest BCUT2D eigenvalue weighted by atomic mass is 9.92. The molecule has 0 aliphatic rings. The van der Waals surface area contributed by atoms with Crippen LogP contribution in [0.5, 0.6) is 0 Å². The van der Waals surface area contributed by atoms with Gasteiger partial charge in [0.25, 0.3) is 0 Å². The van der Waals surface area contributed by atoms with E-state index < -0.39 is 0 Å². The zero-order valence-electron chi connectivity index (χ0n) is 13.3. The molecule has 21 heavy (non-hydrogen) atoms. The van der Waals surface area contributed by atoms with Gasteiger partial charge in [-0.3, -0.25) is 0 Å². The van der Waals surface area contributed by atoms with Crippen LogP contribution in [0.3, 0.4) is 0 Å². The highest BCUT2D eigenvalue weighted by atomic mass is 19.1. The Kier molecular flexibility index (Phi) is 5.13. The van der Waals surface area contributed by atoms with Crippen LogP contribution in [0, 0.1) is 26.6 Å². The van der Waals surface area contributed by atoms with Crippen molar-refractivity contribution in [1.82, 2.24) is 5.32 Å². The fourth-order valence-electron chi connectivity index (χ4n) is 2.76. The molecule has 0 aliphatic heterocycles. The molecule has 0 heterocycles. The van der Waals surface area contributed by atoms with Crippen LogP contribution in [0.4, 0.5) is 4.39 Å². The summed E-state index contributed by atoms with van der Waals surface area (Å²) in [4.78, 5) is 0. The summed E-state index contributed by atoms with van der Waals surface area (Å²) in [5, 5.41) is 3.48. The minimum atomic E-state index is -0.128. The predicted molar refractivity (Wildman–Crippen MR) is 87.2 cm³/mol. The lowest BCUT2D eigenvalue weighted by Crippen LogP contribution is -2.23. The van der Waals surface area contributed by atoms with Crippen LogP contribution in [0.25, 0.3) is 0 Å². The molecule has 2 heteroatoms. The highest BCUT2D eigenvalue weighted by Gasteiger charge is 2.15. The molecule has 2 rings (SSSR count). The lowest BCUT2D eigenvalue weighted by Gasteiger charge is -2.21. The molecule has 1 atom stereocenters. The van der Waals surface area contributed by atoms with Crippen molar-refractivity contribution >= 4 is 0 Å². The summed E-state index contributed by atoms with van der Waals surface area (Å²) in [6.45, 7) is 9.03. The monoisotopic (exact) mass is 285 g/mol. The van der Waals surface area contributed by atoms with Crippen molar-refractivity contribution < 1.29 is 4.39 Å². The first-order valence-electron chi connectivity index (χ1n) is 7.57. The molecule has 1 unspecified atom stereocenters. The molecule has 1 N–H and O–H groups in total. The molecular weight excluding hydrogens is 261 g/mol. The van der Waals surface area contributed by atoms with Crippen molar-refractivity contribution in [2.24, 2.45) is 0 Å². The zero-order valence-corrected chi connectivity index (χ0v) is 13.3. The van der Waals surface area contributed by atoms with Crippen LogP contribution in [-0.2, 0) is 6.42 Å². The largest absolute Gasteiger partial charge is 0.310 e. The van der Waals surface area contributed by atoms with E-state index in [9.17, 15) is 4.39 Å². The normalized spacial score (nSPS) is 12.4. The first-order chi connectivity index (χ1) is 10.0. The maximum atomic E-state index is 13.8. The van der Waals surface area contributed by atoms with E-state index in [1.54, 1.807) is 13.0 Å². The molecule has 1 nitrogen and oxygen atoms in total. The minimum Gasteiger partial charge on any atom is -0.310 e. The van der Waals surface area contributed by atoms with E-state index in [1.807, 2.05) is 12.1 Å². The van der Waals surface area contributed by atoms with Gasteiger partial charge in [0.1, 0.15) is 5.82 Å². The summed E-state index contributed by atoms with van der Waals surface area (Å²) in [5.41, 5.74) is 5.66. The summed E-state index contributed by atoms with van der Waals surface area (Å²) < 4.78 is 13.8. The van der Waals surface area contributed by atoms with Crippen LogP contribution in [0.2, 0.25) is 0 Å². The topological polar surface area (TPSA) is 12.0 Å². The van der Waals surface area contributed by atoms with Crippen molar-refractivity contribution in [3.63, 3.8) is 0 Å². The molecule has 0 aromatic heterocycles. The quantitative estimate of drug-likeness (QED) is 0.843. The average Bonchev–Trinajstić information content (AvgIpc) is 2.45. The molecule has 2 aromatic carbocycles. The Morgan fingerprint density at radius 1 is 1.00 bits per heavy atom. The van der Waals surface area contributed by atoms with Crippen molar-refractivity contribution in [2.45, 2.75) is 40.2 Å². The molecule has 0 spiro atoms. The number of hydrogen-bond acceptors (Lipinski definition) is 1. The third-order valence-corrected chi connectivity index (χ3v) is 4.10. The molecular formula is C19H24FN. The van der Waals surface area contributed by atoms with Crippen molar-refractivity contribution in [3.8, 4) is 0 Å². The molecule has 0 saturated heterocycles. The first kappa shape index (κ1) is 15.7. The second-order valence-corrected chi connectivity index (χ2v) is 5.69. The SMILES string of the molecule is CCNC(Cc1c(C)cccc1C)c1ccc(C)c(F)c1. The second-order valence-electron chi connectivity index (χ2n) is 5.69. The molecule has 0 saturated carbocycles. The van der Waals surface area contributed by atoms with E-state index in [4.69, 9.17) is 0 Å². The fraction of sp³-hybridized carbons (Fsp3) is 0.368. The van der Waals surface area contributed by atoms with E-state index in [0.717, 1.165) is 18.5 Å². The smallest absolute Gasteiger partial charge is 0.126 e. The molecule has 0 aliphatic carbocycles. The highest BCUT2D eigenvalue weighted by molar-refractivity contribution is 5.36. The molecule has 0 amide bonds. The Morgan fingerprint density at radius 3 is 2.24 bits per heavy atom. The van der Waals surface area contributed by atoms with Gasteiger partial charge in [-0.2, -0.15) is 0 Å². The fourth-order valence-corrected chi connectivity index (χ4v) is 2.76. The third kappa shape index (κ3) is 3.70. The number of benzene rings is 2. The van der Waals surface area contributed by atoms with Gasteiger partial charge in [0.2, 0.25) is 0 Å². The van der Waals surface area contributed by atoms with Crippen LogP contribution in [0.1, 0.15) is 40.8 Å². The van der Waals surface area contributed by atoms with Gasteiger partial charge < -0.3 is 5.32 Å². The predicted octanol–water partition coefficient (Wildman–Crippen LogP) is 4.64. The number of likely N-dealkylation sites (N-methyl/N-ethyl adjacent to an activating group) is 1. The van der Waals surface area contributed by atoms with Crippen molar-refractivity contribution in [1.29, 1.82) is 0 Å². The van der Waals surface area contributed by atoms with Gasteiger partial charge in [0, 0.05) is 6.04 Å². The van der Waals surface area contributed by atoms with E-state index in [-0.39, 0.29) is 11.9 Å². The van der Waals surface area contributed by atoms with Crippen LogP contribution >= 0.6 is 0 Å². The number of aryl methyl sites for hydroxylation is 3. The second kappa shape index (κ2) is 6.86. The Bertz CT molecular complexity index is 599. The van der Waals surface area contributed by atoms with E-state index in [2.05, 4.69) is 44.3 Å². The maximum Gasteiger partial charge on any atom is 0.126 e. The van der Waals surface area contributed by atoms with E-state index in [1.165, 1.54) is 16.7 Å². The Balaban J connectivity index is 2.33. The Labute approximate surface area is 127 Å². The van der Waals surface area contributed by atoms with Gasteiger partial charge in [-0.25, -0.2) is 4.39 Å². The summed E-state index contributed by atoms with van der Waals surface area (Å²) in [6.07, 6.45) is 0.884. The maximum absolute atomic E-state index is 13.8. The Hall–Kier alpha value is -1.67. The zero-order chi connectivity index (χ0) is 15.4. The van der Waals surface area contributed by atoms with E-state index >= 15 is 0 Å². The lowest BCUT2D eigenvalue weighted by molar-refractivity contribution is 0.539. The molecule has 112 valence electrons. The van der Waals surface area contributed by atoms with Crippen LogP contribution in [0.15, 0.2) is 36.4 Å². The van der Waals surface area contributed by atoms with Gasteiger partial charge in [0.05, 0.1) is 0 Å². The summed E-state index contributed by atoms with van der Waals surface area (Å²) in [6, 6.07) is 12.1. The van der Waals surface area contributed by atoms with Crippen molar-refractivity contribution in [3.05, 3.63) is 70.0 Å². The minimum absolute atomic E-state index is 0.128. The first-order valence-corrected chi connectivity index (χ1v) is 7.57. The Morgan fingerprint density at radius 2 is 1.67 bits per heavy atom. The summed E-state index contributed by atoms with van der Waals surface area (Å²) in [5.74, 6) is -0.128. The van der Waals surface area contributed by atoms with Gasteiger partial charge in [0.15, 0.2) is 0 Å². The summed E-state index contributed by atoms with van der Waals surface area (Å²) >= 11 is 0. The number of halogens is 1. The molecule has 0 bridgehead atoms. The van der Waals surface area contributed by atoms with Crippen molar-refractivity contribution in [2.75, 3.05) is 6.54 Å². The molecule has 0 fully saturated rings.